The first kappa shape index (κ1) is 8.97. The molecule has 1 radical (unpaired) electrons. The van der Waals surface area contributed by atoms with Crippen LogP contribution in [0.5, 0.6) is 5.88 Å². The molecule has 0 aliphatic heterocycles. The highest BCUT2D eigenvalue weighted by Gasteiger charge is 1.92. The SMILES string of the molecule is CCCCCOc1cc[c]nn1. The molecule has 0 spiro atoms. The third-order valence-electron chi connectivity index (χ3n) is 1.50. The van der Waals surface area contributed by atoms with Gasteiger partial charge in [0.1, 0.15) is 6.20 Å². The van der Waals surface area contributed by atoms with Crippen LogP contribution in [0.2, 0.25) is 0 Å². The van der Waals surface area contributed by atoms with Crippen molar-refractivity contribution in [3.63, 3.8) is 0 Å². The molecule has 0 aliphatic rings. The Morgan fingerprint density at radius 1 is 1.50 bits per heavy atom. The third kappa shape index (κ3) is 3.32. The molecule has 0 bridgehead atoms. The summed E-state index contributed by atoms with van der Waals surface area (Å²) in [6, 6.07) is 3.46. The summed E-state index contributed by atoms with van der Waals surface area (Å²) in [5.41, 5.74) is 0. The molecule has 12 heavy (non-hydrogen) atoms. The molecule has 3 heteroatoms. The smallest absolute Gasteiger partial charge is 0.233 e. The molecule has 0 fully saturated rings. The lowest BCUT2D eigenvalue weighted by Gasteiger charge is -2.01. The number of nitrogens with zero attached hydrogens (tertiary/aromatic N) is 2. The van der Waals surface area contributed by atoms with Gasteiger partial charge in [0.25, 0.3) is 0 Å². The van der Waals surface area contributed by atoms with Crippen LogP contribution in [-0.4, -0.2) is 16.8 Å². The highest BCUT2D eigenvalue weighted by molar-refractivity contribution is 5.04. The van der Waals surface area contributed by atoms with Gasteiger partial charge < -0.3 is 4.74 Å². The van der Waals surface area contributed by atoms with E-state index in [-0.39, 0.29) is 0 Å². The van der Waals surface area contributed by atoms with Crippen LogP contribution in [0.3, 0.4) is 0 Å². The fourth-order valence-corrected chi connectivity index (χ4v) is 0.859. The number of rotatable bonds is 5. The van der Waals surface area contributed by atoms with Crippen LogP contribution < -0.4 is 4.74 Å². The monoisotopic (exact) mass is 165 g/mol. The zero-order chi connectivity index (χ0) is 8.65. The van der Waals surface area contributed by atoms with Gasteiger partial charge in [-0.1, -0.05) is 19.8 Å². The normalized spacial score (nSPS) is 9.75. The summed E-state index contributed by atoms with van der Waals surface area (Å²) in [7, 11) is 0. The molecule has 3 nitrogen and oxygen atoms in total. The standard InChI is InChI=1S/C9H13N2O/c1-2-3-4-8-12-9-6-5-7-10-11-9/h5-6H,2-4,8H2,1H3. The van der Waals surface area contributed by atoms with E-state index in [0.29, 0.717) is 5.88 Å². The van der Waals surface area contributed by atoms with Crippen LogP contribution in [0, 0.1) is 6.20 Å². The maximum atomic E-state index is 5.31. The first-order chi connectivity index (χ1) is 5.93. The molecule has 1 aromatic heterocycles. The number of unbranched alkanes of at least 4 members (excludes halogenated alkanes) is 2. The molecule has 1 aromatic rings. The van der Waals surface area contributed by atoms with Crippen molar-refractivity contribution >= 4 is 0 Å². The third-order valence-corrected chi connectivity index (χ3v) is 1.50. The van der Waals surface area contributed by atoms with Crippen LogP contribution in [0.1, 0.15) is 26.2 Å². The average molecular weight is 165 g/mol. The summed E-state index contributed by atoms with van der Waals surface area (Å²) >= 11 is 0. The lowest BCUT2D eigenvalue weighted by atomic mass is 10.3. The number of ether oxygens (including phenoxy) is 1. The molecule has 0 amide bonds. The van der Waals surface area contributed by atoms with Gasteiger partial charge in [-0.3, -0.25) is 0 Å². The zero-order valence-corrected chi connectivity index (χ0v) is 7.29. The first-order valence-corrected chi connectivity index (χ1v) is 4.26. The van der Waals surface area contributed by atoms with Gasteiger partial charge in [0.05, 0.1) is 6.61 Å². The molecule has 1 heterocycles. The highest BCUT2D eigenvalue weighted by atomic mass is 16.5. The average Bonchev–Trinajstić information content (AvgIpc) is 2.14. The van der Waals surface area contributed by atoms with E-state index in [1.54, 1.807) is 12.1 Å². The summed E-state index contributed by atoms with van der Waals surface area (Å²) in [4.78, 5) is 0. The summed E-state index contributed by atoms with van der Waals surface area (Å²) < 4.78 is 5.31. The molecule has 0 aliphatic carbocycles. The largest absolute Gasteiger partial charge is 0.477 e. The van der Waals surface area contributed by atoms with Gasteiger partial charge >= 0.3 is 0 Å². The lowest BCUT2D eigenvalue weighted by Crippen LogP contribution is -1.99. The van der Waals surface area contributed by atoms with E-state index in [2.05, 4.69) is 23.3 Å². The van der Waals surface area contributed by atoms with Gasteiger partial charge in [0, 0.05) is 6.07 Å². The predicted octanol–water partition coefficient (Wildman–Crippen LogP) is 1.85. The predicted molar refractivity (Wildman–Crippen MR) is 45.9 cm³/mol. The number of aromatic nitrogens is 2. The molecule has 0 saturated heterocycles. The zero-order valence-electron chi connectivity index (χ0n) is 7.29. The van der Waals surface area contributed by atoms with Crippen LogP contribution in [-0.2, 0) is 0 Å². The molecular weight excluding hydrogens is 152 g/mol. The van der Waals surface area contributed by atoms with Gasteiger partial charge in [0.2, 0.25) is 5.88 Å². The van der Waals surface area contributed by atoms with Gasteiger partial charge in [-0.15, -0.1) is 10.2 Å². The summed E-state index contributed by atoms with van der Waals surface area (Å²) in [6.07, 6.45) is 6.08. The van der Waals surface area contributed by atoms with Crippen LogP contribution in [0.25, 0.3) is 0 Å². The van der Waals surface area contributed by atoms with E-state index in [1.165, 1.54) is 12.8 Å². The second-order valence-corrected chi connectivity index (χ2v) is 2.56. The molecular formula is C9H13N2O. The number of hydrogen-bond donors (Lipinski definition) is 0. The van der Waals surface area contributed by atoms with Crippen LogP contribution >= 0.6 is 0 Å². The maximum Gasteiger partial charge on any atom is 0.233 e. The Morgan fingerprint density at radius 3 is 3.08 bits per heavy atom. The second-order valence-electron chi connectivity index (χ2n) is 2.56. The molecule has 0 saturated carbocycles. The van der Waals surface area contributed by atoms with Crippen molar-refractivity contribution < 1.29 is 4.74 Å². The molecule has 0 aromatic carbocycles. The second kappa shape index (κ2) is 5.52. The Morgan fingerprint density at radius 2 is 2.42 bits per heavy atom. The minimum absolute atomic E-state index is 0.588. The number of hydrogen-bond acceptors (Lipinski definition) is 3. The Hall–Kier alpha value is -1.12. The Bertz CT molecular complexity index is 201. The Balaban J connectivity index is 2.16. The minimum Gasteiger partial charge on any atom is -0.477 e. The fraction of sp³-hybridized carbons (Fsp3) is 0.556. The molecule has 0 N–H and O–H groups in total. The lowest BCUT2D eigenvalue weighted by molar-refractivity contribution is 0.291. The van der Waals surface area contributed by atoms with Crippen LogP contribution in [0.4, 0.5) is 0 Å². The summed E-state index contributed by atoms with van der Waals surface area (Å²) in [6.45, 7) is 2.89. The van der Waals surface area contributed by atoms with E-state index in [4.69, 9.17) is 4.74 Å². The van der Waals surface area contributed by atoms with E-state index in [0.717, 1.165) is 13.0 Å². The van der Waals surface area contributed by atoms with Crippen molar-refractivity contribution in [3.8, 4) is 5.88 Å². The van der Waals surface area contributed by atoms with Gasteiger partial charge in [0.15, 0.2) is 0 Å². The minimum atomic E-state index is 0.588. The van der Waals surface area contributed by atoms with Crippen molar-refractivity contribution in [2.75, 3.05) is 6.61 Å². The topological polar surface area (TPSA) is 35.0 Å². The fourth-order valence-electron chi connectivity index (χ4n) is 0.859. The summed E-state index contributed by atoms with van der Waals surface area (Å²) in [5, 5.41) is 7.33. The Kier molecular flexibility index (Phi) is 4.13. The van der Waals surface area contributed by atoms with Gasteiger partial charge in [-0.05, 0) is 12.5 Å². The molecule has 0 unspecified atom stereocenters. The molecule has 1 rings (SSSR count). The van der Waals surface area contributed by atoms with Crippen molar-refractivity contribution in [1.82, 2.24) is 10.2 Å². The quantitative estimate of drug-likeness (QED) is 0.624. The van der Waals surface area contributed by atoms with E-state index in [9.17, 15) is 0 Å². The van der Waals surface area contributed by atoms with E-state index in [1.807, 2.05) is 0 Å². The van der Waals surface area contributed by atoms with Gasteiger partial charge in [-0.2, -0.15) is 0 Å². The first-order valence-electron chi connectivity index (χ1n) is 4.26. The van der Waals surface area contributed by atoms with E-state index >= 15 is 0 Å². The van der Waals surface area contributed by atoms with Crippen molar-refractivity contribution in [2.45, 2.75) is 26.2 Å². The van der Waals surface area contributed by atoms with Crippen LogP contribution in [0.15, 0.2) is 12.1 Å². The van der Waals surface area contributed by atoms with E-state index < -0.39 is 0 Å². The van der Waals surface area contributed by atoms with Gasteiger partial charge in [-0.25, -0.2) is 0 Å². The van der Waals surface area contributed by atoms with Crippen molar-refractivity contribution in [1.29, 1.82) is 0 Å². The highest BCUT2D eigenvalue weighted by Crippen LogP contribution is 2.02. The van der Waals surface area contributed by atoms with Crippen molar-refractivity contribution in [3.05, 3.63) is 18.3 Å². The molecule has 65 valence electrons. The molecule has 0 atom stereocenters. The maximum absolute atomic E-state index is 5.31. The Labute approximate surface area is 72.8 Å². The summed E-state index contributed by atoms with van der Waals surface area (Å²) in [5.74, 6) is 0.588. The van der Waals surface area contributed by atoms with Crippen molar-refractivity contribution in [2.24, 2.45) is 0 Å².